The maximum atomic E-state index is 7.30. The lowest BCUT2D eigenvalue weighted by molar-refractivity contribution is -0.0312. The van der Waals surface area contributed by atoms with Crippen molar-refractivity contribution in [3.8, 4) is 0 Å². The van der Waals surface area contributed by atoms with Crippen molar-refractivity contribution in [3.63, 3.8) is 0 Å². The summed E-state index contributed by atoms with van der Waals surface area (Å²) in [6.07, 6.45) is 3.25. The zero-order valence-corrected chi connectivity index (χ0v) is 22.4. The standard InChI is InChI=1S/C20H40BN3O4Si2/c1-13(2)29(14(3)4)25-12-17-18(27-30(28-29,15(5)6)16(7)8)20(9,19(21)26-17)24-11-10-22-23-24/h10-11,13-19H,12,21H2,1-9H3/t17-,18-,19-,20-/m1/s1. The molecule has 0 N–H and O–H groups in total. The van der Waals surface area contributed by atoms with Gasteiger partial charge in [-0.3, -0.25) is 0 Å². The van der Waals surface area contributed by atoms with Gasteiger partial charge in [-0.2, -0.15) is 0 Å². The Morgan fingerprint density at radius 3 is 2.03 bits per heavy atom. The summed E-state index contributed by atoms with van der Waals surface area (Å²) in [5.74, 6) is 0. The molecule has 30 heavy (non-hydrogen) atoms. The first-order valence-electron chi connectivity index (χ1n) is 11.5. The minimum absolute atomic E-state index is 0.0870. The fraction of sp³-hybridized carbons (Fsp3) is 0.900. The smallest absolute Gasteiger partial charge is 0.335 e. The van der Waals surface area contributed by atoms with Crippen LogP contribution in [-0.4, -0.2) is 64.8 Å². The highest BCUT2D eigenvalue weighted by Gasteiger charge is 2.64. The van der Waals surface area contributed by atoms with Crippen molar-refractivity contribution in [2.24, 2.45) is 0 Å². The molecule has 0 bridgehead atoms. The summed E-state index contributed by atoms with van der Waals surface area (Å²) in [7, 11) is -3.16. The molecule has 2 saturated heterocycles. The van der Waals surface area contributed by atoms with Crippen LogP contribution in [0.1, 0.15) is 62.3 Å². The number of rotatable bonds is 5. The van der Waals surface area contributed by atoms with Gasteiger partial charge in [0, 0.05) is 6.20 Å². The zero-order valence-electron chi connectivity index (χ0n) is 20.4. The summed E-state index contributed by atoms with van der Waals surface area (Å²) in [6, 6.07) is -0.0870. The van der Waals surface area contributed by atoms with E-state index >= 15 is 0 Å². The molecule has 0 aromatic carbocycles. The number of hydrogen-bond donors (Lipinski definition) is 0. The van der Waals surface area contributed by atoms with Crippen LogP contribution in [0.5, 0.6) is 0 Å². The van der Waals surface area contributed by atoms with Gasteiger partial charge in [-0.25, -0.2) is 4.68 Å². The molecule has 1 aromatic heterocycles. The first kappa shape index (κ1) is 24.1. The third kappa shape index (κ3) is 3.57. The van der Waals surface area contributed by atoms with Gasteiger partial charge in [0.25, 0.3) is 0 Å². The Hall–Kier alpha value is -0.521. The molecule has 2 aliphatic heterocycles. The molecule has 0 unspecified atom stereocenters. The number of nitrogens with zero attached hydrogens (tertiary/aromatic N) is 3. The fourth-order valence-corrected chi connectivity index (χ4v) is 16.6. The van der Waals surface area contributed by atoms with E-state index in [1.54, 1.807) is 6.20 Å². The molecule has 0 saturated carbocycles. The molecule has 10 heteroatoms. The first-order valence-corrected chi connectivity index (χ1v) is 15.4. The molecule has 1 aromatic rings. The van der Waals surface area contributed by atoms with Gasteiger partial charge in [-0.1, -0.05) is 60.6 Å². The highest BCUT2D eigenvalue weighted by molar-refractivity contribution is 6.84. The van der Waals surface area contributed by atoms with E-state index < -0.39 is 22.7 Å². The molecule has 4 atom stereocenters. The molecule has 0 amide bonds. The second-order valence-electron chi connectivity index (χ2n) is 10.4. The summed E-state index contributed by atoms with van der Waals surface area (Å²) in [5.41, 5.74) is 0.720. The number of hydrogen-bond acceptors (Lipinski definition) is 6. The second kappa shape index (κ2) is 8.44. The highest BCUT2D eigenvalue weighted by atomic mass is 28.5. The zero-order chi connectivity index (χ0) is 22.5. The molecule has 0 spiro atoms. The lowest BCUT2D eigenvalue weighted by Crippen LogP contribution is -2.67. The van der Waals surface area contributed by atoms with Crippen molar-refractivity contribution < 1.29 is 17.7 Å². The molecule has 0 radical (unpaired) electrons. The lowest BCUT2D eigenvalue weighted by atomic mass is 9.79. The van der Waals surface area contributed by atoms with Gasteiger partial charge < -0.3 is 17.7 Å². The van der Waals surface area contributed by atoms with Crippen LogP contribution in [0.4, 0.5) is 0 Å². The van der Waals surface area contributed by atoms with Crippen molar-refractivity contribution in [2.75, 3.05) is 6.61 Å². The summed E-state index contributed by atoms with van der Waals surface area (Å²) in [4.78, 5) is 0. The molecule has 170 valence electrons. The van der Waals surface area contributed by atoms with Gasteiger partial charge in [0.15, 0.2) is 0 Å². The molecular weight excluding hydrogens is 413 g/mol. The first-order chi connectivity index (χ1) is 13.9. The quantitative estimate of drug-likeness (QED) is 0.638. The van der Waals surface area contributed by atoms with E-state index in [2.05, 4.69) is 80.5 Å². The minimum atomic E-state index is -2.70. The molecule has 3 rings (SSSR count). The Balaban J connectivity index is 2.14. The minimum Gasteiger partial charge on any atom is -0.414 e. The number of aromatic nitrogens is 3. The molecule has 0 aliphatic carbocycles. The van der Waals surface area contributed by atoms with E-state index in [4.69, 9.17) is 17.7 Å². The van der Waals surface area contributed by atoms with Crippen molar-refractivity contribution in [2.45, 2.75) is 108 Å². The average Bonchev–Trinajstić information content (AvgIpc) is 3.24. The molecule has 7 nitrogen and oxygen atoms in total. The summed E-state index contributed by atoms with van der Waals surface area (Å²) >= 11 is 0. The summed E-state index contributed by atoms with van der Waals surface area (Å²) in [6.45, 7) is 20.6. The largest absolute Gasteiger partial charge is 0.414 e. The SMILES string of the molecule is B[C@@H]1O[C@@H]2CO[Si](C(C)C)(C(C)C)O[Si](C(C)C)(C(C)C)O[C@H]2[C@@]1(C)n1ccnn1. The Labute approximate surface area is 185 Å². The molecule has 3 heterocycles. The highest BCUT2D eigenvalue weighted by Crippen LogP contribution is 2.49. The Morgan fingerprint density at radius 1 is 1.00 bits per heavy atom. The molecular formula is C20H40BN3O4Si2. The second-order valence-corrected chi connectivity index (χ2v) is 19.2. The van der Waals surface area contributed by atoms with Crippen molar-refractivity contribution in [3.05, 3.63) is 12.4 Å². The van der Waals surface area contributed by atoms with Crippen molar-refractivity contribution in [1.82, 2.24) is 15.0 Å². The Bertz CT molecular complexity index is 703. The van der Waals surface area contributed by atoms with Crippen LogP contribution >= 0.6 is 0 Å². The van der Waals surface area contributed by atoms with Crippen LogP contribution in [-0.2, 0) is 23.2 Å². The maximum absolute atomic E-state index is 7.30. The van der Waals surface area contributed by atoms with Crippen LogP contribution in [0, 0.1) is 0 Å². The summed E-state index contributed by atoms with van der Waals surface area (Å²) in [5, 5.41) is 8.40. The van der Waals surface area contributed by atoms with E-state index in [0.717, 1.165) is 0 Å². The fourth-order valence-electron chi connectivity index (χ4n) is 5.31. The molecule has 2 fully saturated rings. The lowest BCUT2D eigenvalue weighted by Gasteiger charge is -2.52. The third-order valence-electron chi connectivity index (χ3n) is 7.35. The average molecular weight is 454 g/mol. The van der Waals surface area contributed by atoms with Crippen LogP contribution in [0.25, 0.3) is 0 Å². The van der Waals surface area contributed by atoms with Crippen LogP contribution in [0.15, 0.2) is 12.4 Å². The number of fused-ring (bicyclic) bond motifs is 1. The van der Waals surface area contributed by atoms with Crippen molar-refractivity contribution >= 4 is 25.0 Å². The Kier molecular flexibility index (Phi) is 6.79. The van der Waals surface area contributed by atoms with Crippen LogP contribution in [0.2, 0.25) is 22.2 Å². The monoisotopic (exact) mass is 453 g/mol. The van der Waals surface area contributed by atoms with Crippen LogP contribution < -0.4 is 0 Å². The van der Waals surface area contributed by atoms with E-state index in [9.17, 15) is 0 Å². The van der Waals surface area contributed by atoms with Crippen molar-refractivity contribution in [1.29, 1.82) is 0 Å². The predicted molar refractivity (Wildman–Crippen MR) is 125 cm³/mol. The van der Waals surface area contributed by atoms with E-state index in [1.807, 2.05) is 10.9 Å². The normalized spacial score (nSPS) is 33.8. The van der Waals surface area contributed by atoms with Gasteiger partial charge in [0.1, 0.15) is 25.6 Å². The third-order valence-corrected chi connectivity index (χ3v) is 17.6. The van der Waals surface area contributed by atoms with Gasteiger partial charge in [-0.15, -0.1) is 5.10 Å². The predicted octanol–water partition coefficient (Wildman–Crippen LogP) is 3.31. The molecule has 2 aliphatic rings. The topological polar surface area (TPSA) is 67.6 Å². The Morgan fingerprint density at radius 2 is 1.57 bits per heavy atom. The summed E-state index contributed by atoms with van der Waals surface area (Å²) < 4.78 is 29.8. The van der Waals surface area contributed by atoms with E-state index in [1.165, 1.54) is 0 Å². The van der Waals surface area contributed by atoms with Gasteiger partial charge in [-0.05, 0) is 29.1 Å². The van der Waals surface area contributed by atoms with Gasteiger partial charge in [0.2, 0.25) is 0 Å². The van der Waals surface area contributed by atoms with Gasteiger partial charge >= 0.3 is 17.1 Å². The van der Waals surface area contributed by atoms with Gasteiger partial charge in [0.05, 0.1) is 18.8 Å². The maximum Gasteiger partial charge on any atom is 0.335 e. The van der Waals surface area contributed by atoms with E-state index in [-0.39, 0.29) is 29.3 Å². The number of ether oxygens (including phenoxy) is 1. The van der Waals surface area contributed by atoms with E-state index in [0.29, 0.717) is 17.7 Å². The van der Waals surface area contributed by atoms with Crippen LogP contribution in [0.3, 0.4) is 0 Å².